The third-order valence-corrected chi connectivity index (χ3v) is 4.25. The van der Waals surface area contributed by atoms with Gasteiger partial charge in [0.2, 0.25) is 0 Å². The van der Waals surface area contributed by atoms with Gasteiger partial charge in [-0.3, -0.25) is 0 Å². The van der Waals surface area contributed by atoms with Crippen LogP contribution in [0.1, 0.15) is 18.1 Å². The van der Waals surface area contributed by atoms with Crippen molar-refractivity contribution >= 4 is 45.9 Å². The largest absolute Gasteiger partial charge is 0.493 e. The molecule has 2 aromatic carbocycles. The van der Waals surface area contributed by atoms with Gasteiger partial charge in [0.05, 0.1) is 25.2 Å². The minimum absolute atomic E-state index is 0. The summed E-state index contributed by atoms with van der Waals surface area (Å²) in [4.78, 5) is 4.56. The Morgan fingerprint density at radius 1 is 1.15 bits per heavy atom. The zero-order chi connectivity index (χ0) is 18.9. The van der Waals surface area contributed by atoms with E-state index in [1.807, 2.05) is 25.1 Å². The van der Waals surface area contributed by atoms with Crippen molar-refractivity contribution in [3.8, 4) is 11.5 Å². The van der Waals surface area contributed by atoms with Gasteiger partial charge in [-0.15, -0.1) is 24.0 Å². The highest BCUT2D eigenvalue weighted by atomic mass is 127. The standard InChI is InChI=1S/C19H23BrFN3O2.HI/c1-4-22-19(24-12-14-7-5-6-8-16(14)21)23-11-13-9-15(20)18(26-3)17(10-13)25-2;/h5-10H,4,11-12H2,1-3H3,(H2,22,23,24);1H. The number of halogens is 3. The van der Waals surface area contributed by atoms with Crippen molar-refractivity contribution in [1.82, 2.24) is 10.6 Å². The molecule has 0 aliphatic heterocycles. The number of benzene rings is 2. The van der Waals surface area contributed by atoms with Crippen molar-refractivity contribution in [2.24, 2.45) is 4.99 Å². The Bertz CT molecular complexity index is 775. The predicted octanol–water partition coefficient (Wildman–Crippen LogP) is 4.48. The first-order chi connectivity index (χ1) is 12.6. The van der Waals surface area contributed by atoms with Crippen molar-refractivity contribution < 1.29 is 13.9 Å². The fourth-order valence-electron chi connectivity index (χ4n) is 2.40. The molecule has 0 radical (unpaired) electrons. The van der Waals surface area contributed by atoms with Crippen LogP contribution in [0.2, 0.25) is 0 Å². The molecule has 0 bridgehead atoms. The fourth-order valence-corrected chi connectivity index (χ4v) is 3.05. The third kappa shape index (κ3) is 6.84. The highest BCUT2D eigenvalue weighted by Gasteiger charge is 2.10. The summed E-state index contributed by atoms with van der Waals surface area (Å²) >= 11 is 3.48. The van der Waals surface area contributed by atoms with E-state index in [4.69, 9.17) is 9.47 Å². The van der Waals surface area contributed by atoms with Crippen molar-refractivity contribution in [3.05, 3.63) is 57.8 Å². The van der Waals surface area contributed by atoms with Crippen molar-refractivity contribution in [1.29, 1.82) is 0 Å². The van der Waals surface area contributed by atoms with E-state index in [2.05, 4.69) is 31.6 Å². The van der Waals surface area contributed by atoms with Gasteiger partial charge >= 0.3 is 0 Å². The van der Waals surface area contributed by atoms with Gasteiger partial charge in [-0.2, -0.15) is 0 Å². The number of methoxy groups -OCH3 is 2. The predicted molar refractivity (Wildman–Crippen MR) is 121 cm³/mol. The quantitative estimate of drug-likeness (QED) is 0.303. The zero-order valence-corrected chi connectivity index (χ0v) is 19.4. The molecule has 2 aromatic rings. The minimum Gasteiger partial charge on any atom is -0.493 e. The molecule has 0 saturated heterocycles. The number of rotatable bonds is 7. The molecule has 148 valence electrons. The maximum atomic E-state index is 13.7. The number of nitrogens with zero attached hydrogens (tertiary/aromatic N) is 1. The summed E-state index contributed by atoms with van der Waals surface area (Å²) in [6.07, 6.45) is 0. The highest BCUT2D eigenvalue weighted by Crippen LogP contribution is 2.36. The molecular weight excluding hydrogens is 528 g/mol. The first-order valence-electron chi connectivity index (χ1n) is 8.25. The van der Waals surface area contributed by atoms with Gasteiger partial charge in [-0.1, -0.05) is 18.2 Å². The van der Waals surface area contributed by atoms with Gasteiger partial charge in [0.1, 0.15) is 5.82 Å². The van der Waals surface area contributed by atoms with Crippen LogP contribution in [0, 0.1) is 5.82 Å². The van der Waals surface area contributed by atoms with Crippen LogP contribution in [0.4, 0.5) is 4.39 Å². The van der Waals surface area contributed by atoms with Crippen LogP contribution in [0.3, 0.4) is 0 Å². The second-order valence-electron chi connectivity index (χ2n) is 5.45. The van der Waals surface area contributed by atoms with Crippen LogP contribution >= 0.6 is 39.9 Å². The molecule has 8 heteroatoms. The Labute approximate surface area is 184 Å². The smallest absolute Gasteiger partial charge is 0.191 e. The maximum Gasteiger partial charge on any atom is 0.191 e. The monoisotopic (exact) mass is 551 g/mol. The minimum atomic E-state index is -0.236. The molecule has 0 aliphatic rings. The van der Waals surface area contributed by atoms with Gasteiger partial charge in [0.25, 0.3) is 0 Å². The van der Waals surface area contributed by atoms with E-state index in [0.29, 0.717) is 42.7 Å². The lowest BCUT2D eigenvalue weighted by Gasteiger charge is -2.13. The molecule has 0 saturated carbocycles. The molecule has 0 amide bonds. The Morgan fingerprint density at radius 2 is 1.89 bits per heavy atom. The molecule has 0 aromatic heterocycles. The molecule has 2 N–H and O–H groups in total. The summed E-state index contributed by atoms with van der Waals surface area (Å²) in [5.41, 5.74) is 1.55. The molecule has 0 heterocycles. The summed E-state index contributed by atoms with van der Waals surface area (Å²) in [6.45, 7) is 3.48. The van der Waals surface area contributed by atoms with Crippen LogP contribution in [-0.4, -0.2) is 26.7 Å². The van der Waals surface area contributed by atoms with Gasteiger partial charge in [0.15, 0.2) is 17.5 Å². The lowest BCUT2D eigenvalue weighted by molar-refractivity contribution is 0.352. The van der Waals surface area contributed by atoms with E-state index in [0.717, 1.165) is 10.0 Å². The van der Waals surface area contributed by atoms with Crippen LogP contribution in [-0.2, 0) is 13.1 Å². The molecule has 0 atom stereocenters. The normalized spacial score (nSPS) is 10.8. The van der Waals surface area contributed by atoms with Crippen LogP contribution in [0.25, 0.3) is 0 Å². The van der Waals surface area contributed by atoms with E-state index >= 15 is 0 Å². The average molecular weight is 552 g/mol. The van der Waals surface area contributed by atoms with E-state index in [1.54, 1.807) is 26.4 Å². The number of hydrogen-bond acceptors (Lipinski definition) is 3. The van der Waals surface area contributed by atoms with Crippen molar-refractivity contribution in [2.75, 3.05) is 20.8 Å². The summed E-state index contributed by atoms with van der Waals surface area (Å²) in [7, 11) is 3.19. The molecular formula is C19H24BrFIN3O2. The molecule has 0 aliphatic carbocycles. The number of guanidine groups is 1. The first-order valence-corrected chi connectivity index (χ1v) is 9.04. The lowest BCUT2D eigenvalue weighted by Crippen LogP contribution is -2.37. The summed E-state index contributed by atoms with van der Waals surface area (Å²) in [6, 6.07) is 10.5. The lowest BCUT2D eigenvalue weighted by atomic mass is 10.2. The molecule has 0 fully saturated rings. The number of aliphatic imine (C=N–C) groups is 1. The molecule has 27 heavy (non-hydrogen) atoms. The van der Waals surface area contributed by atoms with Gasteiger partial charge in [0, 0.05) is 18.7 Å². The van der Waals surface area contributed by atoms with Crippen LogP contribution in [0.5, 0.6) is 11.5 Å². The van der Waals surface area contributed by atoms with E-state index in [9.17, 15) is 4.39 Å². The topological polar surface area (TPSA) is 54.9 Å². The summed E-state index contributed by atoms with van der Waals surface area (Å²) < 4.78 is 25.2. The number of ether oxygens (including phenoxy) is 2. The number of nitrogens with one attached hydrogen (secondary N) is 2. The Hall–Kier alpha value is -1.55. The Morgan fingerprint density at radius 3 is 2.52 bits per heavy atom. The molecule has 0 spiro atoms. The highest BCUT2D eigenvalue weighted by molar-refractivity contribution is 14.0. The van der Waals surface area contributed by atoms with Crippen LogP contribution in [0.15, 0.2) is 45.9 Å². The Kier molecular flexibility index (Phi) is 10.5. The van der Waals surface area contributed by atoms with Crippen molar-refractivity contribution in [2.45, 2.75) is 20.0 Å². The second-order valence-corrected chi connectivity index (χ2v) is 6.31. The van der Waals surface area contributed by atoms with E-state index in [-0.39, 0.29) is 29.8 Å². The maximum absolute atomic E-state index is 13.7. The average Bonchev–Trinajstić information content (AvgIpc) is 2.64. The summed E-state index contributed by atoms with van der Waals surface area (Å²) in [5.74, 6) is 1.66. The van der Waals surface area contributed by atoms with Gasteiger partial charge in [-0.05, 0) is 46.6 Å². The third-order valence-electron chi connectivity index (χ3n) is 3.66. The fraction of sp³-hybridized carbons (Fsp3) is 0.316. The van der Waals surface area contributed by atoms with E-state index < -0.39 is 0 Å². The summed E-state index contributed by atoms with van der Waals surface area (Å²) in [5, 5.41) is 6.30. The van der Waals surface area contributed by atoms with Gasteiger partial charge in [-0.25, -0.2) is 9.38 Å². The van der Waals surface area contributed by atoms with Crippen LogP contribution < -0.4 is 20.1 Å². The first kappa shape index (κ1) is 23.5. The number of hydrogen-bond donors (Lipinski definition) is 2. The second kappa shape index (κ2) is 12.0. The van der Waals surface area contributed by atoms with Crippen molar-refractivity contribution in [3.63, 3.8) is 0 Å². The zero-order valence-electron chi connectivity index (χ0n) is 15.5. The van der Waals surface area contributed by atoms with Gasteiger partial charge < -0.3 is 20.1 Å². The molecule has 2 rings (SSSR count). The van der Waals surface area contributed by atoms with E-state index in [1.165, 1.54) is 6.07 Å². The SMILES string of the molecule is CCNC(=NCc1cc(Br)c(OC)c(OC)c1)NCc1ccccc1F.I. The molecule has 0 unspecified atom stereocenters. The molecule has 5 nitrogen and oxygen atoms in total. The Balaban J connectivity index is 0.00000364.